The van der Waals surface area contributed by atoms with Crippen molar-refractivity contribution in [3.05, 3.63) is 106 Å². The predicted octanol–water partition coefficient (Wildman–Crippen LogP) is 13.7. The number of carboxylic acids is 4. The normalized spacial score (nSPS) is 13.3. The number of rotatable bonds is 34. The van der Waals surface area contributed by atoms with E-state index in [9.17, 15) is 56.0 Å². The summed E-state index contributed by atoms with van der Waals surface area (Å²) >= 11 is 0. The Labute approximate surface area is 538 Å². The van der Waals surface area contributed by atoms with Crippen LogP contribution in [-0.4, -0.2) is 135 Å². The highest BCUT2D eigenvalue weighted by atomic mass is 19.4. The lowest BCUT2D eigenvalue weighted by Gasteiger charge is -2.21. The third kappa shape index (κ3) is 30.9. The molecule has 0 saturated heterocycles. The number of anilines is 2. The Kier molecular flexibility index (Phi) is 38.3. The van der Waals surface area contributed by atoms with E-state index in [1.165, 1.54) is 48.5 Å². The van der Waals surface area contributed by atoms with Gasteiger partial charge in [0.15, 0.2) is 36.2 Å². The summed E-state index contributed by atoms with van der Waals surface area (Å²) in [7, 11) is 2.97. The number of halogens is 6. The first-order valence-electron chi connectivity index (χ1n) is 30.4. The van der Waals surface area contributed by atoms with Crippen molar-refractivity contribution < 1.29 is 84.9 Å². The molecular weight excluding hydrogens is 1210 g/mol. The van der Waals surface area contributed by atoms with Gasteiger partial charge in [-0.1, -0.05) is 91.8 Å². The molecule has 0 spiro atoms. The third-order valence-electron chi connectivity index (χ3n) is 14.7. The molecule has 2 unspecified atom stereocenters. The number of alkyl halides is 6. The van der Waals surface area contributed by atoms with E-state index in [0.29, 0.717) is 36.5 Å². The Bertz CT molecular complexity index is 2760. The molecule has 0 radical (unpaired) electrons. The summed E-state index contributed by atoms with van der Waals surface area (Å²) in [4.78, 5) is 45.3. The first-order valence-corrected chi connectivity index (χ1v) is 30.4. The monoisotopic (exact) mass is 1300 g/mol. The molecule has 18 nitrogen and oxygen atoms in total. The first-order chi connectivity index (χ1) is 42.8. The highest BCUT2D eigenvalue weighted by molar-refractivity contribution is 5.76. The van der Waals surface area contributed by atoms with Crippen molar-refractivity contribution in [1.82, 2.24) is 10.6 Å². The van der Waals surface area contributed by atoms with Gasteiger partial charge >= 0.3 is 36.2 Å². The second-order valence-corrected chi connectivity index (χ2v) is 22.2. The number of nitrogens with one attached hydrogen (secondary N) is 2. The van der Waals surface area contributed by atoms with Crippen LogP contribution in [0.2, 0.25) is 0 Å². The molecule has 0 amide bonds. The van der Waals surface area contributed by atoms with Gasteiger partial charge in [0.2, 0.25) is 0 Å². The van der Waals surface area contributed by atoms with Crippen LogP contribution in [0.4, 0.5) is 37.7 Å². The molecule has 2 aliphatic heterocycles. The lowest BCUT2D eigenvalue weighted by Crippen LogP contribution is -2.34. The summed E-state index contributed by atoms with van der Waals surface area (Å²) in [6.45, 7) is 10.8. The molecule has 2 aliphatic rings. The second kappa shape index (κ2) is 43.0. The van der Waals surface area contributed by atoms with Crippen molar-refractivity contribution >= 4 is 35.3 Å². The fourth-order valence-corrected chi connectivity index (χ4v) is 10.2. The van der Waals surface area contributed by atoms with Crippen molar-refractivity contribution in [2.45, 2.75) is 170 Å². The number of benzene rings is 4. The molecule has 512 valence electrons. The van der Waals surface area contributed by atoms with Gasteiger partial charge in [-0.2, -0.15) is 36.9 Å². The van der Waals surface area contributed by atoms with Crippen LogP contribution >= 0.6 is 0 Å². The highest BCUT2D eigenvalue weighted by Crippen LogP contribution is 2.36. The average Bonchev–Trinajstić information content (AvgIpc) is 1.64. The van der Waals surface area contributed by atoms with Crippen LogP contribution in [0.1, 0.15) is 153 Å². The van der Waals surface area contributed by atoms with Crippen LogP contribution in [0.5, 0.6) is 23.0 Å². The summed E-state index contributed by atoms with van der Waals surface area (Å²) in [5, 5.41) is 57.7. The Morgan fingerprint density at radius 1 is 0.554 bits per heavy atom. The zero-order valence-electron chi connectivity index (χ0n) is 52.3. The summed E-state index contributed by atoms with van der Waals surface area (Å²) in [5.41, 5.74) is 8.70. The topological polar surface area (TPSA) is 264 Å². The minimum Gasteiger partial charge on any atom is -0.490 e. The number of nitriles is 2. The molecule has 0 aliphatic carbocycles. The fourth-order valence-electron chi connectivity index (χ4n) is 10.2. The minimum atomic E-state index is -4.39. The molecule has 92 heavy (non-hydrogen) atoms. The summed E-state index contributed by atoms with van der Waals surface area (Å²) in [5.74, 6) is -2.37. The zero-order valence-corrected chi connectivity index (χ0v) is 52.3. The SMILES string of the molecule is C.C.CCCCN1CCc2cc(C[C@@H](C)CCCOc3ccccc3OCC(F)(F)F)cc(C#N)c21.CCCCN1CCc2cc(C[C@@H](C)CCCOc3ccccc3OCC(F)(F)F)cc(C#N)c21.CNC(CCC(=O)O)C(=O)O.CNC(CCC(=O)O)C(=O)O. The maximum Gasteiger partial charge on any atom is 0.422 e. The van der Waals surface area contributed by atoms with Crippen LogP contribution in [0.15, 0.2) is 72.8 Å². The van der Waals surface area contributed by atoms with E-state index in [4.69, 9.17) is 39.4 Å². The zero-order chi connectivity index (χ0) is 66.8. The molecular formula is C68H96F6N6O12. The fraction of sp³-hybridized carbons (Fsp3) is 0.559. The minimum absolute atomic E-state index is 0. The standard InChI is InChI=1S/2C27H33F3N2O2.2C6H11NO4.2CH4/c2*1-3-4-12-32-13-11-22-16-21(17-23(18-31)26(22)32)15-20(2)8-7-14-33-24-9-5-6-10-25(24)34-19-27(28,29)30;2*1-7-4(6(10)11)2-3-5(8)9;;/h2*5-6,9-10,16-17,20H,3-4,7-8,11-15,19H2,1-2H3;2*4,7H,2-3H2,1H3,(H,8,9)(H,10,11);2*1H4/t2*20-;;;;/m00..../s1. The lowest BCUT2D eigenvalue weighted by molar-refractivity contribution is -0.154. The number of para-hydroxylation sites is 4. The number of fused-ring (bicyclic) bond motifs is 2. The number of carboxylic acid groups (broad SMARTS) is 4. The van der Waals surface area contributed by atoms with Gasteiger partial charge in [0.25, 0.3) is 0 Å². The van der Waals surface area contributed by atoms with Gasteiger partial charge in [-0.25, -0.2) is 0 Å². The van der Waals surface area contributed by atoms with Crippen molar-refractivity contribution in [2.24, 2.45) is 11.8 Å². The Balaban J connectivity index is 0.000000685. The maximum atomic E-state index is 12.5. The van der Waals surface area contributed by atoms with Gasteiger partial charge in [0.1, 0.15) is 24.2 Å². The van der Waals surface area contributed by atoms with Crippen LogP contribution in [0.25, 0.3) is 0 Å². The van der Waals surface area contributed by atoms with Crippen LogP contribution in [0.3, 0.4) is 0 Å². The smallest absolute Gasteiger partial charge is 0.422 e. The van der Waals surface area contributed by atoms with E-state index in [2.05, 4.69) is 72.4 Å². The molecule has 4 aromatic rings. The van der Waals surface area contributed by atoms with Crippen molar-refractivity contribution in [1.29, 1.82) is 10.5 Å². The van der Waals surface area contributed by atoms with E-state index in [-0.39, 0.29) is 52.0 Å². The number of aliphatic carboxylic acids is 4. The number of likely N-dealkylation sites (N-methyl/N-ethyl adjacent to an activating group) is 2. The molecule has 24 heteroatoms. The van der Waals surface area contributed by atoms with Crippen molar-refractivity contribution in [3.8, 4) is 35.1 Å². The lowest BCUT2D eigenvalue weighted by atomic mass is 9.93. The van der Waals surface area contributed by atoms with Crippen LogP contribution in [0, 0.1) is 34.5 Å². The van der Waals surface area contributed by atoms with Gasteiger partial charge in [-0.3, -0.25) is 19.2 Å². The molecule has 2 heterocycles. The number of hydrogen-bond acceptors (Lipinski definition) is 14. The van der Waals surface area contributed by atoms with Crippen molar-refractivity contribution in [3.63, 3.8) is 0 Å². The molecule has 0 aromatic heterocycles. The van der Waals surface area contributed by atoms with Crippen LogP contribution < -0.4 is 39.4 Å². The molecule has 0 bridgehead atoms. The predicted molar refractivity (Wildman–Crippen MR) is 343 cm³/mol. The largest absolute Gasteiger partial charge is 0.490 e. The highest BCUT2D eigenvalue weighted by Gasteiger charge is 2.31. The van der Waals surface area contributed by atoms with E-state index in [1.54, 1.807) is 36.4 Å². The molecule has 4 atom stereocenters. The molecule has 6 rings (SSSR count). The second-order valence-electron chi connectivity index (χ2n) is 22.2. The van der Waals surface area contributed by atoms with Gasteiger partial charge < -0.3 is 59.8 Å². The summed E-state index contributed by atoms with van der Waals surface area (Å²) < 4.78 is 95.8. The van der Waals surface area contributed by atoms with E-state index in [1.807, 2.05) is 12.1 Å². The Hall–Kier alpha value is -7.96. The van der Waals surface area contributed by atoms with Gasteiger partial charge in [-0.15, -0.1) is 0 Å². The Morgan fingerprint density at radius 3 is 1.17 bits per heavy atom. The third-order valence-corrected chi connectivity index (χ3v) is 14.7. The number of carbonyl (C=O) groups is 4. The Morgan fingerprint density at radius 2 is 0.891 bits per heavy atom. The maximum absolute atomic E-state index is 12.5. The van der Waals surface area contributed by atoms with Crippen molar-refractivity contribution in [2.75, 3.05) is 76.5 Å². The molecule has 4 aromatic carbocycles. The summed E-state index contributed by atoms with van der Waals surface area (Å²) in [6.07, 6.45) is 2.82. The average molecular weight is 1300 g/mol. The number of hydrogen-bond donors (Lipinski definition) is 6. The number of ether oxygens (including phenoxy) is 4. The van der Waals surface area contributed by atoms with E-state index in [0.717, 1.165) is 126 Å². The summed E-state index contributed by atoms with van der Waals surface area (Å²) in [6, 6.07) is 24.7. The van der Waals surface area contributed by atoms with E-state index < -0.39 is 61.5 Å². The molecule has 0 saturated carbocycles. The quantitative estimate of drug-likeness (QED) is 0.0187. The number of unbranched alkanes of at least 4 members (excludes halogenated alkanes) is 2. The van der Waals surface area contributed by atoms with Gasteiger partial charge in [0.05, 0.1) is 35.7 Å². The number of nitrogens with zero attached hydrogens (tertiary/aromatic N) is 4. The molecule has 6 N–H and O–H groups in total. The van der Waals surface area contributed by atoms with Crippen LogP contribution in [-0.2, 0) is 44.9 Å². The van der Waals surface area contributed by atoms with E-state index >= 15 is 0 Å². The first kappa shape index (κ1) is 82.1. The van der Waals surface area contributed by atoms with Gasteiger partial charge in [-0.05, 0) is 162 Å². The van der Waals surface area contributed by atoms with Gasteiger partial charge in [0, 0.05) is 39.0 Å². The molecule has 0 fully saturated rings.